The van der Waals surface area contributed by atoms with Crippen LogP contribution in [0.15, 0.2) is 60.3 Å². The number of alkyl halides is 2. The first kappa shape index (κ1) is 25.7. The topological polar surface area (TPSA) is 20.3 Å². The van der Waals surface area contributed by atoms with Crippen LogP contribution in [-0.4, -0.2) is 23.8 Å². The molecule has 2 fully saturated rings. The van der Waals surface area contributed by atoms with Gasteiger partial charge < -0.3 is 4.90 Å². The summed E-state index contributed by atoms with van der Waals surface area (Å²) in [7, 11) is 0. The molecule has 0 unspecified atom stereocenters. The molecule has 4 heteroatoms. The molecule has 4 aliphatic rings. The van der Waals surface area contributed by atoms with E-state index in [1.165, 1.54) is 67.4 Å². The highest BCUT2D eigenvalue weighted by Crippen LogP contribution is 2.36. The van der Waals surface area contributed by atoms with E-state index in [1.807, 2.05) is 0 Å². The number of fused-ring (bicyclic) bond motifs is 3. The van der Waals surface area contributed by atoms with Crippen LogP contribution in [-0.2, 0) is 28.3 Å². The molecule has 6 rings (SSSR count). The van der Waals surface area contributed by atoms with E-state index >= 15 is 0 Å². The molecular formula is C30H37Br2NO. The molecule has 2 aromatic rings. The summed E-state index contributed by atoms with van der Waals surface area (Å²) < 4.78 is 0. The van der Waals surface area contributed by atoms with Crippen molar-refractivity contribution in [2.24, 2.45) is 11.8 Å². The number of hydrogen-bond acceptors (Lipinski definition) is 2. The van der Waals surface area contributed by atoms with E-state index in [4.69, 9.17) is 0 Å². The standard InChI is InChI=1S/C13H14O.C9H15N.C8H8Br2/c14-13-11-5-6-12(13)8-10-4-2-1-3-9(10)7-11;1-2-6-9(5-1)10-7-3-4-8-10;9-5-7-3-1-2-4-8(7)6-10/h1-4,11-12H,5-8H2;5H,1-4,6-8H2;1-4H,5-6H2/t11-,12+;;. The molecule has 0 amide bonds. The number of hydrogen-bond donors (Lipinski definition) is 0. The second-order valence-electron chi connectivity index (χ2n) is 9.87. The molecule has 1 saturated carbocycles. The number of carbonyl (C=O) groups is 1. The van der Waals surface area contributed by atoms with Gasteiger partial charge in [0.05, 0.1) is 0 Å². The van der Waals surface area contributed by atoms with E-state index in [0.717, 1.165) is 36.3 Å². The van der Waals surface area contributed by atoms with Crippen LogP contribution in [0.25, 0.3) is 0 Å². The number of Topliss-reactive ketones (excluding diaryl/α,β-unsaturated/α-hetero) is 1. The Bertz CT molecular complexity index is 921. The summed E-state index contributed by atoms with van der Waals surface area (Å²) in [6, 6.07) is 16.9. The molecule has 2 bridgehead atoms. The normalized spacial score (nSPS) is 22.7. The Balaban J connectivity index is 0.000000124. The Hall–Kier alpha value is -1.39. The molecule has 1 aliphatic heterocycles. The predicted octanol–water partition coefficient (Wildman–Crippen LogP) is 8.01. The Morgan fingerprint density at radius 1 is 0.765 bits per heavy atom. The van der Waals surface area contributed by atoms with Gasteiger partial charge in [-0.05, 0) is 80.0 Å². The first-order valence-corrected chi connectivity index (χ1v) is 15.2. The van der Waals surface area contributed by atoms with Gasteiger partial charge in [-0.2, -0.15) is 0 Å². The average Bonchev–Trinajstić information content (AvgIpc) is 3.63. The van der Waals surface area contributed by atoms with Crippen LogP contribution < -0.4 is 0 Å². The molecule has 0 radical (unpaired) electrons. The van der Waals surface area contributed by atoms with Gasteiger partial charge in [0.2, 0.25) is 0 Å². The fourth-order valence-corrected chi connectivity index (χ4v) is 6.77. The third-order valence-electron chi connectivity index (χ3n) is 7.65. The van der Waals surface area contributed by atoms with Gasteiger partial charge in [-0.25, -0.2) is 0 Å². The van der Waals surface area contributed by atoms with E-state index in [9.17, 15) is 4.79 Å². The van der Waals surface area contributed by atoms with Crippen LogP contribution in [0.2, 0.25) is 0 Å². The molecule has 0 spiro atoms. The van der Waals surface area contributed by atoms with Crippen LogP contribution in [0.5, 0.6) is 0 Å². The summed E-state index contributed by atoms with van der Waals surface area (Å²) >= 11 is 6.86. The van der Waals surface area contributed by atoms with Crippen LogP contribution in [0.4, 0.5) is 0 Å². The van der Waals surface area contributed by atoms with Crippen molar-refractivity contribution in [1.29, 1.82) is 0 Å². The number of carbonyl (C=O) groups excluding carboxylic acids is 1. The number of ketones is 1. The predicted molar refractivity (Wildman–Crippen MR) is 150 cm³/mol. The largest absolute Gasteiger partial charge is 0.375 e. The lowest BCUT2D eigenvalue weighted by atomic mass is 9.94. The fourth-order valence-electron chi connectivity index (χ4n) is 5.68. The maximum atomic E-state index is 11.9. The number of halogens is 2. The van der Waals surface area contributed by atoms with Crippen molar-refractivity contribution in [3.8, 4) is 0 Å². The summed E-state index contributed by atoms with van der Waals surface area (Å²) in [5, 5.41) is 1.88. The maximum Gasteiger partial charge on any atom is 0.139 e. The van der Waals surface area contributed by atoms with Crippen LogP contribution in [0, 0.1) is 11.8 Å². The molecule has 182 valence electrons. The summed E-state index contributed by atoms with van der Waals surface area (Å²) in [6.07, 6.45) is 13.5. The first-order valence-electron chi connectivity index (χ1n) is 12.9. The van der Waals surface area contributed by atoms with Crippen molar-refractivity contribution in [1.82, 2.24) is 4.90 Å². The number of benzene rings is 2. The fraction of sp³-hybridized carbons (Fsp3) is 0.500. The maximum absolute atomic E-state index is 11.9. The van der Waals surface area contributed by atoms with E-state index in [-0.39, 0.29) is 0 Å². The zero-order chi connectivity index (χ0) is 23.8. The molecule has 2 aromatic carbocycles. The SMILES string of the molecule is BrCc1ccccc1CBr.C1=C(N2CCCC2)CCC1.O=C1[C@@H]2CC[C@H]1Cc1ccccc1C2. The van der Waals surface area contributed by atoms with Gasteiger partial charge in [-0.1, -0.05) is 86.5 Å². The van der Waals surface area contributed by atoms with Crippen molar-refractivity contribution in [3.63, 3.8) is 0 Å². The van der Waals surface area contributed by atoms with Crippen LogP contribution in [0.3, 0.4) is 0 Å². The Morgan fingerprint density at radius 2 is 1.29 bits per heavy atom. The van der Waals surface area contributed by atoms with Crippen LogP contribution in [0.1, 0.15) is 67.2 Å². The lowest BCUT2D eigenvalue weighted by molar-refractivity contribution is -0.123. The van der Waals surface area contributed by atoms with Gasteiger partial charge in [-0.3, -0.25) is 4.79 Å². The van der Waals surface area contributed by atoms with E-state index in [0.29, 0.717) is 17.6 Å². The molecule has 0 N–H and O–H groups in total. The van der Waals surface area contributed by atoms with Crippen molar-refractivity contribution < 1.29 is 4.79 Å². The van der Waals surface area contributed by atoms with E-state index in [1.54, 1.807) is 5.70 Å². The molecule has 1 saturated heterocycles. The smallest absolute Gasteiger partial charge is 0.139 e. The number of nitrogens with zero attached hydrogens (tertiary/aromatic N) is 1. The Labute approximate surface area is 222 Å². The Morgan fingerprint density at radius 3 is 1.76 bits per heavy atom. The quantitative estimate of drug-likeness (QED) is 0.339. The molecule has 1 heterocycles. The molecular weight excluding hydrogens is 550 g/mol. The van der Waals surface area contributed by atoms with E-state index < -0.39 is 0 Å². The minimum absolute atomic E-state index is 0.337. The summed E-state index contributed by atoms with van der Waals surface area (Å²) in [5.41, 5.74) is 7.18. The molecule has 0 aromatic heterocycles. The number of rotatable bonds is 3. The Kier molecular flexibility index (Phi) is 9.87. The molecule has 34 heavy (non-hydrogen) atoms. The second-order valence-corrected chi connectivity index (χ2v) is 11.0. The van der Waals surface area contributed by atoms with Gasteiger partial charge in [0.25, 0.3) is 0 Å². The second kappa shape index (κ2) is 13.1. The van der Waals surface area contributed by atoms with Crippen LogP contribution >= 0.6 is 31.9 Å². The summed E-state index contributed by atoms with van der Waals surface area (Å²) in [6.45, 7) is 2.65. The van der Waals surface area contributed by atoms with Crippen molar-refractivity contribution >= 4 is 37.6 Å². The monoisotopic (exact) mass is 585 g/mol. The van der Waals surface area contributed by atoms with E-state index in [2.05, 4.69) is 91.4 Å². The van der Waals surface area contributed by atoms with Crippen molar-refractivity contribution in [2.45, 2.75) is 68.4 Å². The molecule has 2 nitrogen and oxygen atoms in total. The zero-order valence-corrected chi connectivity index (χ0v) is 23.3. The van der Waals surface area contributed by atoms with Gasteiger partial charge in [0, 0.05) is 41.3 Å². The highest BCUT2D eigenvalue weighted by Gasteiger charge is 2.36. The highest BCUT2D eigenvalue weighted by atomic mass is 79.9. The van der Waals surface area contributed by atoms with Gasteiger partial charge in [0.1, 0.15) is 5.78 Å². The lowest BCUT2D eigenvalue weighted by Crippen LogP contribution is -2.16. The third kappa shape index (κ3) is 6.63. The molecule has 3 aliphatic carbocycles. The van der Waals surface area contributed by atoms with Gasteiger partial charge in [0.15, 0.2) is 0 Å². The summed E-state index contributed by atoms with van der Waals surface area (Å²) in [4.78, 5) is 14.4. The average molecular weight is 587 g/mol. The summed E-state index contributed by atoms with van der Waals surface area (Å²) in [5.74, 6) is 1.20. The highest BCUT2D eigenvalue weighted by molar-refractivity contribution is 9.09. The van der Waals surface area contributed by atoms with Gasteiger partial charge in [-0.15, -0.1) is 0 Å². The number of likely N-dealkylation sites (tertiary alicyclic amines) is 1. The minimum atomic E-state index is 0.337. The first-order chi connectivity index (χ1) is 16.7. The third-order valence-corrected chi connectivity index (χ3v) is 8.86. The minimum Gasteiger partial charge on any atom is -0.375 e. The number of allylic oxidation sites excluding steroid dienone is 2. The lowest BCUT2D eigenvalue weighted by Gasteiger charge is -2.18. The van der Waals surface area contributed by atoms with Crippen molar-refractivity contribution in [3.05, 3.63) is 82.6 Å². The zero-order valence-electron chi connectivity index (χ0n) is 20.2. The van der Waals surface area contributed by atoms with Crippen molar-refractivity contribution in [2.75, 3.05) is 13.1 Å². The van der Waals surface area contributed by atoms with Gasteiger partial charge >= 0.3 is 0 Å². The molecule has 2 atom stereocenters.